The highest BCUT2D eigenvalue weighted by molar-refractivity contribution is 6.37. The summed E-state index contributed by atoms with van der Waals surface area (Å²) < 4.78 is 6.67. The molecular weight excluding hydrogens is 511 g/mol. The van der Waals surface area contributed by atoms with Gasteiger partial charge in [-0.1, -0.05) is 53.5 Å². The second-order valence-corrected chi connectivity index (χ2v) is 8.30. The van der Waals surface area contributed by atoms with Crippen LogP contribution >= 0.6 is 23.2 Å². The highest BCUT2D eigenvalue weighted by Gasteiger charge is 2.19. The molecule has 0 spiro atoms. The van der Waals surface area contributed by atoms with Gasteiger partial charge in [-0.05, 0) is 35.9 Å². The van der Waals surface area contributed by atoms with Crippen LogP contribution in [0.4, 0.5) is 0 Å². The van der Waals surface area contributed by atoms with Crippen molar-refractivity contribution in [1.29, 1.82) is 0 Å². The molecule has 4 N–H and O–H groups in total. The van der Waals surface area contributed by atoms with Gasteiger partial charge in [-0.15, -0.1) is 0 Å². The van der Waals surface area contributed by atoms with Gasteiger partial charge >= 0.3 is 5.69 Å². The number of ether oxygens (including phenoxy) is 1. The molecule has 0 saturated carbocycles. The van der Waals surface area contributed by atoms with E-state index in [-0.39, 0.29) is 45.2 Å². The summed E-state index contributed by atoms with van der Waals surface area (Å²) in [7, 11) is 0. The SMILES string of the molecule is O=C(NC(CO)c1ccccc1)c1cc(Oc2c(Cl)cc(-n3ncc(=O)[nH]c3=O)cc2Cl)ccc1O. The number of aromatic hydroxyl groups is 1. The van der Waals surface area contributed by atoms with E-state index in [0.717, 1.165) is 10.9 Å². The first-order valence-corrected chi connectivity index (χ1v) is 11.2. The van der Waals surface area contributed by atoms with Gasteiger partial charge in [0.2, 0.25) is 0 Å². The lowest BCUT2D eigenvalue weighted by atomic mass is 10.1. The molecule has 1 unspecified atom stereocenters. The lowest BCUT2D eigenvalue weighted by molar-refractivity contribution is 0.0913. The van der Waals surface area contributed by atoms with Crippen molar-refractivity contribution in [2.75, 3.05) is 6.61 Å². The van der Waals surface area contributed by atoms with Crippen LogP contribution in [0, 0.1) is 0 Å². The highest BCUT2D eigenvalue weighted by Crippen LogP contribution is 2.39. The van der Waals surface area contributed by atoms with Gasteiger partial charge in [-0.25, -0.2) is 4.79 Å². The van der Waals surface area contributed by atoms with Crippen molar-refractivity contribution in [2.45, 2.75) is 6.04 Å². The monoisotopic (exact) mass is 528 g/mol. The Balaban J connectivity index is 1.60. The molecule has 0 aliphatic heterocycles. The van der Waals surface area contributed by atoms with E-state index >= 15 is 0 Å². The Labute approximate surface area is 213 Å². The van der Waals surface area contributed by atoms with Crippen LogP contribution in [0.2, 0.25) is 10.0 Å². The molecule has 184 valence electrons. The number of hydrogen-bond acceptors (Lipinski definition) is 7. The number of aliphatic hydroxyl groups excluding tert-OH is 1. The van der Waals surface area contributed by atoms with Crippen LogP contribution in [0.15, 0.2) is 76.4 Å². The van der Waals surface area contributed by atoms with Crippen LogP contribution in [0.25, 0.3) is 5.69 Å². The Morgan fingerprint density at radius 3 is 2.42 bits per heavy atom. The molecule has 10 nitrogen and oxygen atoms in total. The first-order valence-electron chi connectivity index (χ1n) is 10.4. The first kappa shape index (κ1) is 25.0. The molecule has 1 aromatic heterocycles. The Hall–Kier alpha value is -4.12. The molecule has 0 aliphatic rings. The molecular formula is C24H18Cl2N4O6. The van der Waals surface area contributed by atoms with Gasteiger partial charge in [0.1, 0.15) is 17.7 Å². The van der Waals surface area contributed by atoms with Gasteiger partial charge < -0.3 is 20.3 Å². The van der Waals surface area contributed by atoms with Gasteiger partial charge in [0, 0.05) is 0 Å². The number of halogens is 2. The summed E-state index contributed by atoms with van der Waals surface area (Å²) in [5, 5.41) is 26.4. The van der Waals surface area contributed by atoms with Crippen molar-refractivity contribution in [2.24, 2.45) is 0 Å². The molecule has 1 amide bonds. The zero-order valence-corrected chi connectivity index (χ0v) is 19.8. The molecule has 12 heteroatoms. The number of benzene rings is 3. The number of amides is 1. The molecule has 0 fully saturated rings. The van der Waals surface area contributed by atoms with E-state index in [4.69, 9.17) is 27.9 Å². The molecule has 36 heavy (non-hydrogen) atoms. The number of carbonyl (C=O) groups excluding carboxylic acids is 1. The quantitative estimate of drug-likeness (QED) is 0.288. The minimum absolute atomic E-state index is 0.0147. The maximum atomic E-state index is 12.8. The smallest absolute Gasteiger partial charge is 0.349 e. The van der Waals surface area contributed by atoms with Gasteiger partial charge in [0.05, 0.1) is 33.9 Å². The second-order valence-electron chi connectivity index (χ2n) is 7.49. The molecule has 0 aliphatic carbocycles. The lowest BCUT2D eigenvalue weighted by Gasteiger charge is -2.18. The maximum Gasteiger partial charge on any atom is 0.349 e. The van der Waals surface area contributed by atoms with Crippen molar-refractivity contribution in [3.05, 3.63) is 109 Å². The fourth-order valence-electron chi connectivity index (χ4n) is 3.34. The van der Waals surface area contributed by atoms with Crippen LogP contribution in [-0.2, 0) is 0 Å². The van der Waals surface area contributed by atoms with E-state index in [1.165, 1.54) is 30.3 Å². The largest absolute Gasteiger partial charge is 0.507 e. The third-order valence-electron chi connectivity index (χ3n) is 5.06. The van der Waals surface area contributed by atoms with Crippen LogP contribution in [-0.4, -0.2) is 37.5 Å². The van der Waals surface area contributed by atoms with Gasteiger partial charge in [-0.2, -0.15) is 9.78 Å². The number of phenols is 1. The average molecular weight is 529 g/mol. The predicted octanol–water partition coefficient (Wildman–Crippen LogP) is 3.19. The molecule has 0 saturated heterocycles. The number of aliphatic hydroxyl groups is 1. The van der Waals surface area contributed by atoms with E-state index < -0.39 is 23.2 Å². The fourth-order valence-corrected chi connectivity index (χ4v) is 3.89. The summed E-state index contributed by atoms with van der Waals surface area (Å²) >= 11 is 12.7. The van der Waals surface area contributed by atoms with Crippen molar-refractivity contribution >= 4 is 29.1 Å². The Bertz CT molecular complexity index is 1510. The zero-order chi connectivity index (χ0) is 25.8. The summed E-state index contributed by atoms with van der Waals surface area (Å²) in [4.78, 5) is 38.2. The number of H-pyrrole nitrogens is 1. The summed E-state index contributed by atoms with van der Waals surface area (Å²) in [6.45, 7) is -0.350. The Morgan fingerprint density at radius 2 is 1.78 bits per heavy atom. The molecule has 1 atom stereocenters. The molecule has 4 aromatic rings. The van der Waals surface area contributed by atoms with E-state index in [0.29, 0.717) is 5.56 Å². The van der Waals surface area contributed by atoms with Crippen LogP contribution in [0.3, 0.4) is 0 Å². The Kier molecular flexibility index (Phi) is 7.39. The first-order chi connectivity index (χ1) is 17.3. The van der Waals surface area contributed by atoms with E-state index in [2.05, 4.69) is 15.4 Å². The van der Waals surface area contributed by atoms with Gasteiger partial charge in [0.25, 0.3) is 11.5 Å². The number of nitrogens with one attached hydrogen (secondary N) is 2. The summed E-state index contributed by atoms with van der Waals surface area (Å²) in [6, 6.07) is 14.9. The molecule has 1 heterocycles. The molecule has 3 aromatic carbocycles. The van der Waals surface area contributed by atoms with Crippen LogP contribution in [0.1, 0.15) is 22.0 Å². The van der Waals surface area contributed by atoms with Crippen molar-refractivity contribution in [1.82, 2.24) is 20.1 Å². The molecule has 0 bridgehead atoms. The number of aromatic nitrogens is 3. The number of phenolic OH excluding ortho intramolecular Hbond substituents is 1. The minimum Gasteiger partial charge on any atom is -0.507 e. The van der Waals surface area contributed by atoms with E-state index in [9.17, 15) is 24.6 Å². The highest BCUT2D eigenvalue weighted by atomic mass is 35.5. The van der Waals surface area contributed by atoms with Crippen LogP contribution < -0.4 is 21.3 Å². The third kappa shape index (κ3) is 5.41. The van der Waals surface area contributed by atoms with Gasteiger partial charge in [-0.3, -0.25) is 14.6 Å². The summed E-state index contributed by atoms with van der Waals surface area (Å²) in [6.07, 6.45) is 0.926. The average Bonchev–Trinajstić information content (AvgIpc) is 2.86. The molecule has 4 rings (SSSR count). The minimum atomic E-state index is -0.783. The van der Waals surface area contributed by atoms with Crippen LogP contribution in [0.5, 0.6) is 17.2 Å². The lowest BCUT2D eigenvalue weighted by Crippen LogP contribution is -2.30. The van der Waals surface area contributed by atoms with Crippen molar-refractivity contribution < 1.29 is 19.7 Å². The standard InChI is InChI=1S/C24H18Cl2N4O6/c25-17-8-14(30-24(35)29-21(33)11-27-30)9-18(26)22(17)36-15-6-7-20(32)16(10-15)23(34)28-19(12-31)13-4-2-1-3-5-13/h1-11,19,31-32H,12H2,(H,28,34)(H,29,33,35). The third-order valence-corrected chi connectivity index (χ3v) is 5.62. The number of rotatable bonds is 7. The summed E-state index contributed by atoms with van der Waals surface area (Å²) in [5.74, 6) is -0.791. The number of aromatic amines is 1. The fraction of sp³-hybridized carbons (Fsp3) is 0.0833. The predicted molar refractivity (Wildman–Crippen MR) is 132 cm³/mol. The second kappa shape index (κ2) is 10.6. The number of carbonyl (C=O) groups is 1. The number of hydrogen-bond donors (Lipinski definition) is 4. The van der Waals surface area contributed by atoms with E-state index in [1.807, 2.05) is 6.07 Å². The Morgan fingerprint density at radius 1 is 1.08 bits per heavy atom. The van der Waals surface area contributed by atoms with Gasteiger partial charge in [0.15, 0.2) is 5.75 Å². The molecule has 0 radical (unpaired) electrons. The van der Waals surface area contributed by atoms with Crippen molar-refractivity contribution in [3.63, 3.8) is 0 Å². The zero-order valence-electron chi connectivity index (χ0n) is 18.3. The number of nitrogens with zero attached hydrogens (tertiary/aromatic N) is 2. The normalized spacial score (nSPS) is 11.6. The summed E-state index contributed by atoms with van der Waals surface area (Å²) in [5.41, 5.74) is -0.672. The van der Waals surface area contributed by atoms with E-state index in [1.54, 1.807) is 24.3 Å². The maximum absolute atomic E-state index is 12.8. The van der Waals surface area contributed by atoms with Crippen molar-refractivity contribution in [3.8, 4) is 22.9 Å². The topological polar surface area (TPSA) is 147 Å².